The lowest BCUT2D eigenvalue weighted by molar-refractivity contribution is -0.151. The van der Waals surface area contributed by atoms with Crippen molar-refractivity contribution >= 4 is 45.7 Å². The van der Waals surface area contributed by atoms with Gasteiger partial charge in [0.25, 0.3) is 0 Å². The van der Waals surface area contributed by atoms with Crippen LogP contribution in [0.1, 0.15) is 23.7 Å². The van der Waals surface area contributed by atoms with Crippen molar-refractivity contribution < 1.29 is 19.1 Å². The summed E-state index contributed by atoms with van der Waals surface area (Å²) >= 11 is 7.26. The lowest BCUT2D eigenvalue weighted by Crippen LogP contribution is -2.30. The van der Waals surface area contributed by atoms with Gasteiger partial charge in [-0.3, -0.25) is 19.3 Å². The van der Waals surface area contributed by atoms with Crippen LogP contribution in [0.25, 0.3) is 11.3 Å². The number of thiazole rings is 1. The summed E-state index contributed by atoms with van der Waals surface area (Å²) < 4.78 is 5.37. The van der Waals surface area contributed by atoms with Crippen LogP contribution in [-0.2, 0) is 14.3 Å². The van der Waals surface area contributed by atoms with Gasteiger partial charge < -0.3 is 4.74 Å². The van der Waals surface area contributed by atoms with E-state index >= 15 is 0 Å². The number of carbonyl (C=O) groups excluding carboxylic acids is 3. The Morgan fingerprint density at radius 3 is 2.58 bits per heavy atom. The molecule has 1 aromatic heterocycles. The van der Waals surface area contributed by atoms with Crippen LogP contribution in [0.4, 0.5) is 5.13 Å². The Labute approximate surface area is 188 Å². The highest BCUT2D eigenvalue weighted by atomic mass is 35.5. The van der Waals surface area contributed by atoms with E-state index in [1.54, 1.807) is 43.3 Å². The van der Waals surface area contributed by atoms with Gasteiger partial charge in [-0.05, 0) is 19.1 Å². The number of carbonyl (C=O) groups is 3. The summed E-state index contributed by atoms with van der Waals surface area (Å²) in [4.78, 5) is 43.6. The summed E-state index contributed by atoms with van der Waals surface area (Å²) in [6.45, 7) is 1.72. The Hall–Kier alpha value is -3.03. The Kier molecular flexibility index (Phi) is 6.15. The minimum absolute atomic E-state index is 0.0287. The van der Waals surface area contributed by atoms with E-state index in [1.165, 1.54) is 16.2 Å². The van der Waals surface area contributed by atoms with Gasteiger partial charge in [-0.15, -0.1) is 11.3 Å². The molecule has 1 aliphatic heterocycles. The predicted molar refractivity (Wildman–Crippen MR) is 119 cm³/mol. The summed E-state index contributed by atoms with van der Waals surface area (Å²) in [7, 11) is 0. The molecule has 1 amide bonds. The molecule has 0 spiro atoms. The van der Waals surface area contributed by atoms with Gasteiger partial charge in [0.05, 0.1) is 11.6 Å². The van der Waals surface area contributed by atoms with Crippen LogP contribution in [0.3, 0.4) is 0 Å². The summed E-state index contributed by atoms with van der Waals surface area (Å²) in [6, 6.07) is 15.9. The van der Waals surface area contributed by atoms with Crippen molar-refractivity contribution in [3.05, 3.63) is 70.6 Å². The molecule has 0 bridgehead atoms. The van der Waals surface area contributed by atoms with Crippen molar-refractivity contribution in [3.63, 3.8) is 0 Å². The smallest absolute Gasteiger partial charge is 0.312 e. The number of nitrogens with zero attached hydrogens (tertiary/aromatic N) is 2. The van der Waals surface area contributed by atoms with Crippen LogP contribution < -0.4 is 4.90 Å². The fourth-order valence-electron chi connectivity index (χ4n) is 3.35. The van der Waals surface area contributed by atoms with Gasteiger partial charge in [-0.25, -0.2) is 4.98 Å². The summed E-state index contributed by atoms with van der Waals surface area (Å²) in [5.41, 5.74) is 2.10. The molecule has 4 rings (SSSR count). The number of aromatic nitrogens is 1. The predicted octanol–water partition coefficient (Wildman–Crippen LogP) is 4.63. The lowest BCUT2D eigenvalue weighted by Gasteiger charge is -2.16. The minimum atomic E-state index is -0.921. The van der Waals surface area contributed by atoms with Crippen molar-refractivity contribution in [2.75, 3.05) is 11.4 Å². The zero-order valence-corrected chi connectivity index (χ0v) is 18.2. The maximum atomic E-state index is 12.6. The third-order valence-electron chi connectivity index (χ3n) is 5.04. The molecule has 0 unspecified atom stereocenters. The Bertz CT molecular complexity index is 1110. The number of anilines is 1. The fourth-order valence-corrected chi connectivity index (χ4v) is 4.34. The van der Waals surface area contributed by atoms with E-state index in [-0.39, 0.29) is 24.7 Å². The molecule has 2 atom stereocenters. The third kappa shape index (κ3) is 4.68. The van der Waals surface area contributed by atoms with E-state index < -0.39 is 18.0 Å². The number of amides is 1. The lowest BCUT2D eigenvalue weighted by atomic mass is 10.1. The van der Waals surface area contributed by atoms with Crippen LogP contribution in [0.2, 0.25) is 5.02 Å². The standard InChI is InChI=1S/C23H19ClN2O4S/c1-14(21(28)16-5-3-2-4-6-16)30-22(29)17-11-20(27)26(12-17)23-25-19(13-31-23)15-7-9-18(24)10-8-15/h2-10,13-14,17H,11-12H2,1H3/t14-,17-/m0/s1. The highest BCUT2D eigenvalue weighted by Crippen LogP contribution is 2.32. The number of halogens is 1. The first-order valence-electron chi connectivity index (χ1n) is 9.74. The molecule has 158 valence electrons. The molecule has 1 aliphatic rings. The van der Waals surface area contributed by atoms with Gasteiger partial charge in [-0.1, -0.05) is 54.1 Å². The summed E-state index contributed by atoms with van der Waals surface area (Å²) in [5.74, 6) is -1.66. The average molecular weight is 455 g/mol. The SMILES string of the molecule is C[C@H](OC(=O)[C@H]1CC(=O)N(c2nc(-c3ccc(Cl)cc3)cs2)C1)C(=O)c1ccccc1. The largest absolute Gasteiger partial charge is 0.454 e. The molecule has 0 radical (unpaired) electrons. The third-order valence-corrected chi connectivity index (χ3v) is 6.16. The van der Waals surface area contributed by atoms with Gasteiger partial charge in [-0.2, -0.15) is 0 Å². The Morgan fingerprint density at radius 2 is 1.87 bits per heavy atom. The van der Waals surface area contributed by atoms with E-state index in [0.717, 1.165) is 11.3 Å². The number of benzene rings is 2. The quantitative estimate of drug-likeness (QED) is 0.401. The second kappa shape index (κ2) is 8.99. The number of ketones is 1. The molecule has 2 aromatic carbocycles. The van der Waals surface area contributed by atoms with Crippen molar-refractivity contribution in [3.8, 4) is 11.3 Å². The maximum absolute atomic E-state index is 12.6. The van der Waals surface area contributed by atoms with Gasteiger partial charge >= 0.3 is 5.97 Å². The van der Waals surface area contributed by atoms with Gasteiger partial charge in [0.1, 0.15) is 0 Å². The number of esters is 1. The van der Waals surface area contributed by atoms with Crippen molar-refractivity contribution in [2.24, 2.45) is 5.92 Å². The second-order valence-corrected chi connectivity index (χ2v) is 8.51. The maximum Gasteiger partial charge on any atom is 0.312 e. The number of ether oxygens (including phenoxy) is 1. The molecular formula is C23H19ClN2O4S. The van der Waals surface area contributed by atoms with Crippen LogP contribution in [-0.4, -0.2) is 35.3 Å². The summed E-state index contributed by atoms with van der Waals surface area (Å²) in [6.07, 6.45) is -0.892. The van der Waals surface area contributed by atoms with E-state index in [4.69, 9.17) is 16.3 Å². The Morgan fingerprint density at radius 1 is 1.16 bits per heavy atom. The van der Waals surface area contributed by atoms with E-state index in [9.17, 15) is 14.4 Å². The van der Waals surface area contributed by atoms with E-state index in [0.29, 0.717) is 15.7 Å². The number of hydrogen-bond acceptors (Lipinski definition) is 6. The molecule has 0 aliphatic carbocycles. The normalized spacial score (nSPS) is 16.9. The van der Waals surface area contributed by atoms with Gasteiger partial charge in [0.15, 0.2) is 11.2 Å². The zero-order chi connectivity index (χ0) is 22.0. The molecule has 6 nitrogen and oxygen atoms in total. The van der Waals surface area contributed by atoms with Crippen LogP contribution in [0.5, 0.6) is 0 Å². The molecule has 1 saturated heterocycles. The number of Topliss-reactive ketones (excluding diaryl/α,β-unsaturated/α-hetero) is 1. The van der Waals surface area contributed by atoms with E-state index in [2.05, 4.69) is 4.98 Å². The molecule has 31 heavy (non-hydrogen) atoms. The molecule has 0 N–H and O–H groups in total. The summed E-state index contributed by atoms with van der Waals surface area (Å²) in [5, 5.41) is 3.02. The van der Waals surface area contributed by atoms with Crippen LogP contribution >= 0.6 is 22.9 Å². The monoisotopic (exact) mass is 454 g/mol. The molecular weight excluding hydrogens is 436 g/mol. The molecule has 1 fully saturated rings. The molecule has 0 saturated carbocycles. The minimum Gasteiger partial charge on any atom is -0.454 e. The fraction of sp³-hybridized carbons (Fsp3) is 0.217. The van der Waals surface area contributed by atoms with Crippen LogP contribution in [0.15, 0.2) is 60.0 Å². The van der Waals surface area contributed by atoms with Crippen molar-refractivity contribution in [1.82, 2.24) is 4.98 Å². The molecule has 3 aromatic rings. The van der Waals surface area contributed by atoms with E-state index in [1.807, 2.05) is 23.6 Å². The Balaban J connectivity index is 1.40. The topological polar surface area (TPSA) is 76.6 Å². The molecule has 8 heteroatoms. The second-order valence-electron chi connectivity index (χ2n) is 7.24. The van der Waals surface area contributed by atoms with Crippen LogP contribution in [0, 0.1) is 5.92 Å². The average Bonchev–Trinajstić information content (AvgIpc) is 3.41. The first-order chi connectivity index (χ1) is 14.9. The zero-order valence-electron chi connectivity index (χ0n) is 16.7. The number of hydrogen-bond donors (Lipinski definition) is 0. The first kappa shape index (κ1) is 21.2. The van der Waals surface area contributed by atoms with Crippen molar-refractivity contribution in [2.45, 2.75) is 19.4 Å². The first-order valence-corrected chi connectivity index (χ1v) is 11.0. The molecule has 2 heterocycles. The van der Waals surface area contributed by atoms with Crippen molar-refractivity contribution in [1.29, 1.82) is 0 Å². The van der Waals surface area contributed by atoms with Gasteiger partial charge in [0, 0.05) is 34.5 Å². The highest BCUT2D eigenvalue weighted by Gasteiger charge is 2.38. The number of rotatable bonds is 6. The van der Waals surface area contributed by atoms with Gasteiger partial charge in [0.2, 0.25) is 11.7 Å². The highest BCUT2D eigenvalue weighted by molar-refractivity contribution is 7.14.